The van der Waals surface area contributed by atoms with Crippen molar-refractivity contribution in [2.75, 3.05) is 14.2 Å². The van der Waals surface area contributed by atoms with E-state index in [1.165, 1.54) is 14.2 Å². The predicted octanol–water partition coefficient (Wildman–Crippen LogP) is 1.60. The summed E-state index contributed by atoms with van der Waals surface area (Å²) in [5, 5.41) is 2.15. The molecule has 0 fully saturated rings. The third kappa shape index (κ3) is 3.78. The molecule has 1 rings (SSSR count). The quantitative estimate of drug-likeness (QED) is 0.866. The van der Waals surface area contributed by atoms with Crippen molar-refractivity contribution in [1.29, 1.82) is 0 Å². The zero-order valence-corrected chi connectivity index (χ0v) is 11.9. The van der Waals surface area contributed by atoms with Crippen LogP contribution in [0.4, 0.5) is 13.2 Å². The van der Waals surface area contributed by atoms with E-state index in [0.29, 0.717) is 24.0 Å². The molecule has 0 saturated carbocycles. The number of nitrogens with two attached hydrogens (primary N) is 1. The minimum Gasteiger partial charge on any atom is -0.497 e. The van der Waals surface area contributed by atoms with Crippen molar-refractivity contribution in [2.45, 2.75) is 25.2 Å². The van der Waals surface area contributed by atoms with Crippen molar-refractivity contribution >= 4 is 5.91 Å². The van der Waals surface area contributed by atoms with Crippen LogP contribution in [0.25, 0.3) is 0 Å². The van der Waals surface area contributed by atoms with Gasteiger partial charge in [-0.05, 0) is 19.1 Å². The number of alkyl halides is 3. The van der Waals surface area contributed by atoms with Gasteiger partial charge in [0.1, 0.15) is 11.5 Å². The minimum atomic E-state index is -4.83. The van der Waals surface area contributed by atoms with Gasteiger partial charge in [-0.25, -0.2) is 0 Å². The maximum atomic E-state index is 12.6. The van der Waals surface area contributed by atoms with E-state index in [2.05, 4.69) is 5.32 Å². The summed E-state index contributed by atoms with van der Waals surface area (Å²) in [6.45, 7) is 0.475. The number of hydrogen-bond acceptors (Lipinski definition) is 4. The van der Waals surface area contributed by atoms with Gasteiger partial charge in [0.25, 0.3) is 0 Å². The van der Waals surface area contributed by atoms with Crippen LogP contribution in [0.2, 0.25) is 0 Å². The molecule has 0 heterocycles. The molecule has 0 aliphatic rings. The summed E-state index contributed by atoms with van der Waals surface area (Å²) in [6.07, 6.45) is -4.83. The van der Waals surface area contributed by atoms with Gasteiger partial charge in [0.2, 0.25) is 5.91 Å². The highest BCUT2D eigenvalue weighted by Gasteiger charge is 2.53. The molecule has 1 amide bonds. The lowest BCUT2D eigenvalue weighted by atomic mass is 10.0. The Kier molecular flexibility index (Phi) is 5.06. The third-order valence-electron chi connectivity index (χ3n) is 2.99. The molecule has 0 radical (unpaired) electrons. The van der Waals surface area contributed by atoms with E-state index in [0.717, 1.165) is 0 Å². The normalized spacial score (nSPS) is 14.2. The van der Waals surface area contributed by atoms with Crippen LogP contribution in [0.1, 0.15) is 12.5 Å². The number of rotatable bonds is 5. The fourth-order valence-electron chi connectivity index (χ4n) is 1.49. The number of nitrogens with one attached hydrogen (secondary N) is 1. The average molecular weight is 306 g/mol. The molecule has 118 valence electrons. The number of methoxy groups -OCH3 is 2. The van der Waals surface area contributed by atoms with Gasteiger partial charge < -0.3 is 20.5 Å². The number of halogens is 3. The molecular weight excluding hydrogens is 289 g/mol. The smallest absolute Gasteiger partial charge is 0.415 e. The van der Waals surface area contributed by atoms with Crippen molar-refractivity contribution in [3.05, 3.63) is 23.8 Å². The monoisotopic (exact) mass is 306 g/mol. The minimum absolute atomic E-state index is 0.144. The first-order valence-electron chi connectivity index (χ1n) is 5.98. The summed E-state index contributed by atoms with van der Waals surface area (Å²) < 4.78 is 48.0. The maximum absolute atomic E-state index is 12.6. The highest BCUT2D eigenvalue weighted by molar-refractivity contribution is 5.86. The van der Waals surface area contributed by atoms with E-state index in [1.807, 2.05) is 0 Å². The lowest BCUT2D eigenvalue weighted by Crippen LogP contribution is -2.61. The third-order valence-corrected chi connectivity index (χ3v) is 2.99. The van der Waals surface area contributed by atoms with Gasteiger partial charge >= 0.3 is 6.18 Å². The number of ether oxygens (including phenoxy) is 2. The summed E-state index contributed by atoms with van der Waals surface area (Å²) >= 11 is 0. The number of carbonyl (C=O) groups excluding carboxylic acids is 1. The van der Waals surface area contributed by atoms with E-state index >= 15 is 0 Å². The van der Waals surface area contributed by atoms with Gasteiger partial charge in [-0.2, -0.15) is 13.2 Å². The van der Waals surface area contributed by atoms with Gasteiger partial charge in [0, 0.05) is 18.2 Å². The van der Waals surface area contributed by atoms with E-state index in [1.54, 1.807) is 18.2 Å². The molecule has 0 aliphatic carbocycles. The molecule has 1 unspecified atom stereocenters. The fraction of sp³-hybridized carbons (Fsp3) is 0.462. The highest BCUT2D eigenvalue weighted by Crippen LogP contribution is 2.28. The molecule has 1 aromatic carbocycles. The summed E-state index contributed by atoms with van der Waals surface area (Å²) in [6, 6.07) is 4.75. The van der Waals surface area contributed by atoms with E-state index in [9.17, 15) is 18.0 Å². The Balaban J connectivity index is 2.82. The molecule has 0 aliphatic heterocycles. The van der Waals surface area contributed by atoms with Crippen molar-refractivity contribution in [3.8, 4) is 11.5 Å². The van der Waals surface area contributed by atoms with E-state index in [4.69, 9.17) is 15.2 Å². The highest BCUT2D eigenvalue weighted by atomic mass is 19.4. The fourth-order valence-corrected chi connectivity index (χ4v) is 1.49. The number of hydrogen-bond donors (Lipinski definition) is 2. The Bertz CT molecular complexity index is 516. The molecule has 5 nitrogen and oxygen atoms in total. The van der Waals surface area contributed by atoms with Crippen molar-refractivity contribution < 1.29 is 27.4 Å². The Morgan fingerprint density at radius 1 is 1.29 bits per heavy atom. The predicted molar refractivity (Wildman–Crippen MR) is 70.0 cm³/mol. The lowest BCUT2D eigenvalue weighted by molar-refractivity contribution is -0.187. The van der Waals surface area contributed by atoms with E-state index < -0.39 is 17.6 Å². The molecular formula is C13H17F3N2O3. The molecule has 0 spiro atoms. The first-order valence-corrected chi connectivity index (χ1v) is 5.98. The second-order valence-corrected chi connectivity index (χ2v) is 4.56. The van der Waals surface area contributed by atoms with Gasteiger partial charge in [-0.3, -0.25) is 4.79 Å². The maximum Gasteiger partial charge on any atom is 0.415 e. The van der Waals surface area contributed by atoms with Crippen molar-refractivity contribution in [2.24, 2.45) is 5.73 Å². The molecule has 0 saturated heterocycles. The van der Waals surface area contributed by atoms with Gasteiger partial charge in [-0.1, -0.05) is 0 Å². The largest absolute Gasteiger partial charge is 0.497 e. The zero-order chi connectivity index (χ0) is 16.3. The van der Waals surface area contributed by atoms with Crippen LogP contribution in [0.5, 0.6) is 11.5 Å². The Morgan fingerprint density at radius 3 is 2.38 bits per heavy atom. The van der Waals surface area contributed by atoms with Crippen LogP contribution >= 0.6 is 0 Å². The van der Waals surface area contributed by atoms with Crippen LogP contribution in [0, 0.1) is 0 Å². The molecule has 1 atom stereocenters. The average Bonchev–Trinajstić information content (AvgIpc) is 2.43. The SMILES string of the molecule is COc1ccc(CNC(=O)C(C)(N)C(F)(F)F)c(OC)c1. The first kappa shape index (κ1) is 17.1. The first-order chi connectivity index (χ1) is 9.63. The van der Waals surface area contributed by atoms with E-state index in [-0.39, 0.29) is 6.54 Å². The topological polar surface area (TPSA) is 73.6 Å². The summed E-state index contributed by atoms with van der Waals surface area (Å²) in [5.74, 6) is -0.394. The van der Waals surface area contributed by atoms with Crippen LogP contribution < -0.4 is 20.5 Å². The van der Waals surface area contributed by atoms with Crippen molar-refractivity contribution in [3.63, 3.8) is 0 Å². The van der Waals surface area contributed by atoms with Gasteiger partial charge in [0.15, 0.2) is 5.54 Å². The second kappa shape index (κ2) is 6.21. The summed E-state index contributed by atoms with van der Waals surface area (Å²) in [7, 11) is 2.88. The Morgan fingerprint density at radius 2 is 1.90 bits per heavy atom. The van der Waals surface area contributed by atoms with Crippen LogP contribution in [0.15, 0.2) is 18.2 Å². The molecule has 0 bridgehead atoms. The van der Waals surface area contributed by atoms with Crippen LogP contribution in [-0.4, -0.2) is 31.8 Å². The van der Waals surface area contributed by atoms with Gasteiger partial charge in [-0.15, -0.1) is 0 Å². The summed E-state index contributed by atoms with van der Waals surface area (Å²) in [5.41, 5.74) is 2.58. The molecule has 0 aromatic heterocycles. The number of amides is 1. The molecule has 3 N–H and O–H groups in total. The molecule has 1 aromatic rings. The lowest BCUT2D eigenvalue weighted by Gasteiger charge is -2.26. The van der Waals surface area contributed by atoms with Gasteiger partial charge in [0.05, 0.1) is 14.2 Å². The summed E-state index contributed by atoms with van der Waals surface area (Å²) in [4.78, 5) is 11.6. The van der Waals surface area contributed by atoms with Crippen molar-refractivity contribution in [1.82, 2.24) is 5.32 Å². The zero-order valence-electron chi connectivity index (χ0n) is 11.9. The van der Waals surface area contributed by atoms with Crippen LogP contribution in [0.3, 0.4) is 0 Å². The Labute approximate surface area is 120 Å². The van der Waals surface area contributed by atoms with Crippen LogP contribution in [-0.2, 0) is 11.3 Å². The molecule has 21 heavy (non-hydrogen) atoms. The second-order valence-electron chi connectivity index (χ2n) is 4.56. The number of benzene rings is 1. The molecule has 8 heteroatoms. The standard InChI is InChI=1S/C13H17F3N2O3/c1-12(17,13(14,15)16)11(19)18-7-8-4-5-9(20-2)6-10(8)21-3/h4-6H,7,17H2,1-3H3,(H,18,19). The number of carbonyl (C=O) groups is 1. The Hall–Kier alpha value is -1.96.